The van der Waals surface area contributed by atoms with Crippen molar-refractivity contribution in [1.82, 2.24) is 14.8 Å². The number of amides is 1. The summed E-state index contributed by atoms with van der Waals surface area (Å²) in [5, 5.41) is 7.19. The van der Waals surface area contributed by atoms with Crippen LogP contribution in [0.5, 0.6) is 0 Å². The van der Waals surface area contributed by atoms with Gasteiger partial charge in [-0.05, 0) is 48.7 Å². The summed E-state index contributed by atoms with van der Waals surface area (Å²) in [6.07, 6.45) is 3.33. The average Bonchev–Trinajstić information content (AvgIpc) is 2.69. The lowest BCUT2D eigenvalue weighted by Gasteiger charge is -2.15. The van der Waals surface area contributed by atoms with Crippen LogP contribution in [0.4, 0.5) is 5.69 Å². The van der Waals surface area contributed by atoms with Crippen LogP contribution >= 0.6 is 0 Å². The van der Waals surface area contributed by atoms with Gasteiger partial charge < -0.3 is 5.32 Å². The molecule has 1 amide bonds. The SMILES string of the molecule is CC(C)c1ccc(NC(=O)C(C)n2nc(-c3cccnc3)ccc2=O)cc1. The van der Waals surface area contributed by atoms with E-state index in [1.807, 2.05) is 30.3 Å². The van der Waals surface area contributed by atoms with E-state index in [2.05, 4.69) is 29.2 Å². The lowest BCUT2D eigenvalue weighted by molar-refractivity contribution is -0.119. The maximum Gasteiger partial charge on any atom is 0.267 e. The van der Waals surface area contributed by atoms with Gasteiger partial charge in [-0.1, -0.05) is 26.0 Å². The molecule has 3 rings (SSSR count). The summed E-state index contributed by atoms with van der Waals surface area (Å²) in [5.41, 5.74) is 2.92. The van der Waals surface area contributed by atoms with Gasteiger partial charge in [0.2, 0.25) is 5.91 Å². The Morgan fingerprint density at radius 2 is 1.78 bits per heavy atom. The highest BCUT2D eigenvalue weighted by molar-refractivity contribution is 5.93. The molecular formula is C21H22N4O2. The predicted octanol–water partition coefficient (Wildman–Crippen LogP) is 3.63. The van der Waals surface area contributed by atoms with E-state index < -0.39 is 6.04 Å². The summed E-state index contributed by atoms with van der Waals surface area (Å²) in [7, 11) is 0. The van der Waals surface area contributed by atoms with Gasteiger partial charge in [0, 0.05) is 29.7 Å². The second kappa shape index (κ2) is 7.95. The van der Waals surface area contributed by atoms with Crippen LogP contribution in [-0.2, 0) is 4.79 Å². The number of benzene rings is 1. The molecule has 0 saturated heterocycles. The van der Waals surface area contributed by atoms with Crippen molar-refractivity contribution in [3.8, 4) is 11.3 Å². The van der Waals surface area contributed by atoms with Gasteiger partial charge >= 0.3 is 0 Å². The summed E-state index contributed by atoms with van der Waals surface area (Å²) < 4.78 is 1.19. The van der Waals surface area contributed by atoms with E-state index >= 15 is 0 Å². The Morgan fingerprint density at radius 3 is 2.41 bits per heavy atom. The number of pyridine rings is 1. The minimum Gasteiger partial charge on any atom is -0.324 e. The number of carbonyl (C=O) groups excluding carboxylic acids is 1. The summed E-state index contributed by atoms with van der Waals surface area (Å²) in [6, 6.07) is 13.6. The molecule has 138 valence electrons. The van der Waals surface area contributed by atoms with Crippen molar-refractivity contribution < 1.29 is 4.79 Å². The second-order valence-electron chi connectivity index (χ2n) is 6.69. The number of hydrogen-bond acceptors (Lipinski definition) is 4. The number of hydrogen-bond donors (Lipinski definition) is 1. The molecule has 3 aromatic rings. The number of anilines is 1. The van der Waals surface area contributed by atoms with Crippen molar-refractivity contribution in [2.24, 2.45) is 0 Å². The van der Waals surface area contributed by atoms with Crippen LogP contribution in [0.25, 0.3) is 11.3 Å². The van der Waals surface area contributed by atoms with Gasteiger partial charge in [-0.2, -0.15) is 5.10 Å². The Hall–Kier alpha value is -3.28. The normalized spacial score (nSPS) is 12.0. The zero-order valence-corrected chi connectivity index (χ0v) is 15.6. The fourth-order valence-corrected chi connectivity index (χ4v) is 2.68. The summed E-state index contributed by atoms with van der Waals surface area (Å²) in [5.74, 6) is 0.122. The molecule has 1 aromatic carbocycles. The Kier molecular flexibility index (Phi) is 5.45. The molecule has 0 aliphatic heterocycles. The number of carbonyl (C=O) groups is 1. The van der Waals surface area contributed by atoms with Crippen molar-refractivity contribution in [2.75, 3.05) is 5.32 Å². The standard InChI is InChI=1S/C21H22N4O2/c1-14(2)16-6-8-18(9-7-16)23-21(27)15(3)25-20(26)11-10-19(24-25)17-5-4-12-22-13-17/h4-15H,1-3H3,(H,23,27). The molecule has 0 aliphatic carbocycles. The first-order valence-electron chi connectivity index (χ1n) is 8.87. The Morgan fingerprint density at radius 1 is 1.04 bits per heavy atom. The molecule has 2 heterocycles. The van der Waals surface area contributed by atoms with E-state index in [1.165, 1.54) is 16.3 Å². The number of aromatic nitrogens is 3. The van der Waals surface area contributed by atoms with E-state index in [1.54, 1.807) is 31.5 Å². The molecule has 0 bridgehead atoms. The predicted molar refractivity (Wildman–Crippen MR) is 106 cm³/mol. The van der Waals surface area contributed by atoms with E-state index in [0.717, 1.165) is 5.56 Å². The summed E-state index contributed by atoms with van der Waals surface area (Å²) in [6.45, 7) is 5.88. The van der Waals surface area contributed by atoms with Crippen LogP contribution in [0.15, 0.2) is 65.7 Å². The quantitative estimate of drug-likeness (QED) is 0.752. The highest BCUT2D eigenvalue weighted by atomic mass is 16.2. The third kappa shape index (κ3) is 4.28. The highest BCUT2D eigenvalue weighted by Gasteiger charge is 2.18. The fourth-order valence-electron chi connectivity index (χ4n) is 2.68. The fraction of sp³-hybridized carbons (Fsp3) is 0.238. The average molecular weight is 362 g/mol. The third-order valence-electron chi connectivity index (χ3n) is 4.37. The van der Waals surface area contributed by atoms with Gasteiger partial charge in [0.1, 0.15) is 6.04 Å². The van der Waals surface area contributed by atoms with Crippen molar-refractivity contribution >= 4 is 11.6 Å². The second-order valence-corrected chi connectivity index (χ2v) is 6.69. The first kappa shape index (κ1) is 18.5. The number of rotatable bonds is 5. The van der Waals surface area contributed by atoms with Crippen LogP contribution in [0.3, 0.4) is 0 Å². The third-order valence-corrected chi connectivity index (χ3v) is 4.37. The van der Waals surface area contributed by atoms with E-state index in [9.17, 15) is 9.59 Å². The maximum absolute atomic E-state index is 12.6. The smallest absolute Gasteiger partial charge is 0.267 e. The molecule has 1 unspecified atom stereocenters. The van der Waals surface area contributed by atoms with Gasteiger partial charge in [0.15, 0.2) is 0 Å². The number of nitrogens with zero attached hydrogens (tertiary/aromatic N) is 3. The first-order chi connectivity index (χ1) is 13.0. The van der Waals surface area contributed by atoms with Gasteiger partial charge in [-0.3, -0.25) is 14.6 Å². The highest BCUT2D eigenvalue weighted by Crippen LogP contribution is 2.18. The van der Waals surface area contributed by atoms with E-state index in [-0.39, 0.29) is 11.5 Å². The molecular weight excluding hydrogens is 340 g/mol. The van der Waals surface area contributed by atoms with Gasteiger partial charge in [0.25, 0.3) is 5.56 Å². The Bertz CT molecular complexity index is 979. The molecule has 0 aliphatic rings. The van der Waals surface area contributed by atoms with Gasteiger partial charge in [-0.25, -0.2) is 4.68 Å². The molecule has 2 aromatic heterocycles. The molecule has 1 N–H and O–H groups in total. The minimum absolute atomic E-state index is 0.301. The molecule has 6 nitrogen and oxygen atoms in total. The van der Waals surface area contributed by atoms with E-state index in [0.29, 0.717) is 17.3 Å². The van der Waals surface area contributed by atoms with Crippen molar-refractivity contribution in [2.45, 2.75) is 32.7 Å². The molecule has 0 fully saturated rings. The molecule has 0 radical (unpaired) electrons. The van der Waals surface area contributed by atoms with Crippen molar-refractivity contribution in [3.63, 3.8) is 0 Å². The number of nitrogens with one attached hydrogen (secondary N) is 1. The molecule has 0 saturated carbocycles. The Labute approximate surface area is 157 Å². The van der Waals surface area contributed by atoms with Crippen LogP contribution < -0.4 is 10.9 Å². The van der Waals surface area contributed by atoms with Crippen molar-refractivity contribution in [1.29, 1.82) is 0 Å². The van der Waals surface area contributed by atoms with E-state index in [4.69, 9.17) is 0 Å². The molecule has 0 spiro atoms. The summed E-state index contributed by atoms with van der Waals surface area (Å²) in [4.78, 5) is 28.9. The van der Waals surface area contributed by atoms with Crippen LogP contribution in [0, 0.1) is 0 Å². The largest absolute Gasteiger partial charge is 0.324 e. The van der Waals surface area contributed by atoms with Gasteiger partial charge in [-0.15, -0.1) is 0 Å². The minimum atomic E-state index is -0.751. The summed E-state index contributed by atoms with van der Waals surface area (Å²) >= 11 is 0. The van der Waals surface area contributed by atoms with Crippen LogP contribution in [-0.4, -0.2) is 20.7 Å². The lowest BCUT2D eigenvalue weighted by Crippen LogP contribution is -2.33. The molecule has 6 heteroatoms. The molecule has 27 heavy (non-hydrogen) atoms. The Balaban J connectivity index is 1.81. The molecule has 1 atom stereocenters. The zero-order chi connectivity index (χ0) is 19.4. The zero-order valence-electron chi connectivity index (χ0n) is 15.6. The van der Waals surface area contributed by atoms with Crippen molar-refractivity contribution in [3.05, 3.63) is 76.8 Å². The lowest BCUT2D eigenvalue weighted by atomic mass is 10.0. The maximum atomic E-state index is 12.6. The topological polar surface area (TPSA) is 76.9 Å². The van der Waals surface area contributed by atoms with Crippen LogP contribution in [0.2, 0.25) is 0 Å². The first-order valence-corrected chi connectivity index (χ1v) is 8.87. The van der Waals surface area contributed by atoms with Gasteiger partial charge in [0.05, 0.1) is 5.69 Å². The monoisotopic (exact) mass is 362 g/mol. The van der Waals surface area contributed by atoms with Crippen LogP contribution in [0.1, 0.15) is 38.3 Å².